The number of rotatable bonds is 5. The zero-order chi connectivity index (χ0) is 15.9. The van der Waals surface area contributed by atoms with Gasteiger partial charge in [0.2, 0.25) is 0 Å². The summed E-state index contributed by atoms with van der Waals surface area (Å²) in [6.45, 7) is 0. The van der Waals surface area contributed by atoms with Gasteiger partial charge in [-0.3, -0.25) is 0 Å². The average molecular weight is 301 g/mol. The van der Waals surface area contributed by atoms with Crippen molar-refractivity contribution in [1.82, 2.24) is 0 Å². The van der Waals surface area contributed by atoms with E-state index in [-0.39, 0.29) is 6.23 Å². The molecular formula is C21H19NO. The molecule has 1 atom stereocenters. The summed E-state index contributed by atoms with van der Waals surface area (Å²) in [5, 5.41) is 0. The van der Waals surface area contributed by atoms with Gasteiger partial charge in [0, 0.05) is 23.8 Å². The van der Waals surface area contributed by atoms with E-state index < -0.39 is 0 Å². The molecule has 3 rings (SSSR count). The third-order valence-corrected chi connectivity index (χ3v) is 3.65. The van der Waals surface area contributed by atoms with E-state index in [9.17, 15) is 0 Å². The number of benzene rings is 3. The van der Waals surface area contributed by atoms with E-state index in [0.717, 1.165) is 22.4 Å². The maximum atomic E-state index is 5.62. The molecule has 0 N–H and O–H groups in total. The molecule has 0 bridgehead atoms. The Morgan fingerprint density at radius 1 is 0.696 bits per heavy atom. The first-order valence-electron chi connectivity index (χ1n) is 7.65. The van der Waals surface area contributed by atoms with Gasteiger partial charge < -0.3 is 4.74 Å². The minimum absolute atomic E-state index is 0.327. The van der Waals surface area contributed by atoms with Gasteiger partial charge in [-0.05, 0) is 0 Å². The second kappa shape index (κ2) is 7.52. The molecule has 0 aliphatic carbocycles. The minimum Gasteiger partial charge on any atom is -0.355 e. The summed E-state index contributed by atoms with van der Waals surface area (Å²) in [7, 11) is 1.69. The predicted octanol–water partition coefficient (Wildman–Crippen LogP) is 4.87. The number of nitrogens with zero attached hydrogens (tertiary/aromatic N) is 1. The third-order valence-electron chi connectivity index (χ3n) is 3.65. The molecule has 0 saturated heterocycles. The fourth-order valence-electron chi connectivity index (χ4n) is 2.51. The molecule has 0 aromatic heterocycles. The highest BCUT2D eigenvalue weighted by atomic mass is 16.5. The molecule has 0 fully saturated rings. The van der Waals surface area contributed by atoms with E-state index in [1.54, 1.807) is 7.11 Å². The normalized spacial score (nSPS) is 11.7. The van der Waals surface area contributed by atoms with Crippen LogP contribution < -0.4 is 0 Å². The van der Waals surface area contributed by atoms with Crippen molar-refractivity contribution in [2.45, 2.75) is 6.23 Å². The van der Waals surface area contributed by atoms with Crippen molar-refractivity contribution in [3.05, 3.63) is 108 Å². The van der Waals surface area contributed by atoms with Gasteiger partial charge in [0.15, 0.2) is 6.23 Å². The van der Waals surface area contributed by atoms with Crippen LogP contribution in [0.4, 0.5) is 0 Å². The van der Waals surface area contributed by atoms with Crippen LogP contribution in [0.5, 0.6) is 0 Å². The largest absolute Gasteiger partial charge is 0.355 e. The van der Waals surface area contributed by atoms with Gasteiger partial charge in [0.05, 0.1) is 5.71 Å². The van der Waals surface area contributed by atoms with E-state index in [1.807, 2.05) is 66.7 Å². The molecule has 0 radical (unpaired) electrons. The summed E-state index contributed by atoms with van der Waals surface area (Å²) < 4.78 is 5.62. The Morgan fingerprint density at radius 3 is 1.57 bits per heavy atom. The molecule has 0 aliphatic rings. The molecule has 0 aliphatic heterocycles. The standard InChI is InChI=1S/C21H19NO/c1-23-21(19-15-9-4-10-16-19)22-20(17-11-5-2-6-12-17)18-13-7-3-8-14-18/h2-16,21H,1H3. The Hall–Kier alpha value is -2.71. The first-order valence-corrected chi connectivity index (χ1v) is 7.65. The summed E-state index contributed by atoms with van der Waals surface area (Å²) in [5.74, 6) is 0. The zero-order valence-corrected chi connectivity index (χ0v) is 13.1. The maximum Gasteiger partial charge on any atom is 0.174 e. The molecule has 3 aromatic carbocycles. The Balaban J connectivity index is 2.07. The van der Waals surface area contributed by atoms with E-state index in [4.69, 9.17) is 9.73 Å². The van der Waals surface area contributed by atoms with Crippen molar-refractivity contribution < 1.29 is 4.74 Å². The van der Waals surface area contributed by atoms with Gasteiger partial charge in [-0.25, -0.2) is 4.99 Å². The average Bonchev–Trinajstić information content (AvgIpc) is 2.65. The predicted molar refractivity (Wildman–Crippen MR) is 94.7 cm³/mol. The topological polar surface area (TPSA) is 21.6 Å². The molecule has 2 nitrogen and oxygen atoms in total. The van der Waals surface area contributed by atoms with Gasteiger partial charge >= 0.3 is 0 Å². The van der Waals surface area contributed by atoms with Gasteiger partial charge in [-0.1, -0.05) is 91.0 Å². The summed E-state index contributed by atoms with van der Waals surface area (Å²) in [4.78, 5) is 4.90. The van der Waals surface area contributed by atoms with Crippen molar-refractivity contribution in [2.75, 3.05) is 7.11 Å². The molecule has 0 saturated carbocycles. The van der Waals surface area contributed by atoms with E-state index >= 15 is 0 Å². The van der Waals surface area contributed by atoms with Crippen LogP contribution in [-0.4, -0.2) is 12.8 Å². The monoisotopic (exact) mass is 301 g/mol. The van der Waals surface area contributed by atoms with Crippen molar-refractivity contribution in [3.63, 3.8) is 0 Å². The lowest BCUT2D eigenvalue weighted by Gasteiger charge is -2.15. The number of hydrogen-bond donors (Lipinski definition) is 0. The number of ether oxygens (including phenoxy) is 1. The second-order valence-corrected chi connectivity index (χ2v) is 5.21. The maximum absolute atomic E-state index is 5.62. The van der Waals surface area contributed by atoms with Crippen LogP contribution in [0, 0.1) is 0 Å². The van der Waals surface area contributed by atoms with E-state index in [0.29, 0.717) is 0 Å². The summed E-state index contributed by atoms with van der Waals surface area (Å²) in [6.07, 6.45) is -0.327. The lowest BCUT2D eigenvalue weighted by Crippen LogP contribution is -2.08. The number of methoxy groups -OCH3 is 1. The van der Waals surface area contributed by atoms with Crippen LogP contribution in [0.1, 0.15) is 22.9 Å². The number of hydrogen-bond acceptors (Lipinski definition) is 2. The molecule has 0 heterocycles. The van der Waals surface area contributed by atoms with Gasteiger partial charge in [0.1, 0.15) is 0 Å². The Kier molecular flexibility index (Phi) is 4.97. The minimum atomic E-state index is -0.327. The van der Waals surface area contributed by atoms with Gasteiger partial charge in [-0.15, -0.1) is 0 Å². The fourth-order valence-corrected chi connectivity index (χ4v) is 2.51. The van der Waals surface area contributed by atoms with Crippen LogP contribution in [0.15, 0.2) is 96.0 Å². The van der Waals surface area contributed by atoms with Crippen molar-refractivity contribution in [2.24, 2.45) is 4.99 Å². The quantitative estimate of drug-likeness (QED) is 0.616. The van der Waals surface area contributed by atoms with Crippen LogP contribution in [-0.2, 0) is 4.74 Å². The van der Waals surface area contributed by atoms with Crippen molar-refractivity contribution >= 4 is 5.71 Å². The molecule has 114 valence electrons. The SMILES string of the molecule is COC(N=C(c1ccccc1)c1ccccc1)c1ccccc1. The van der Waals surface area contributed by atoms with Crippen molar-refractivity contribution in [1.29, 1.82) is 0 Å². The molecule has 23 heavy (non-hydrogen) atoms. The molecule has 2 heteroatoms. The Morgan fingerprint density at radius 2 is 1.13 bits per heavy atom. The highest BCUT2D eigenvalue weighted by Crippen LogP contribution is 2.21. The molecular weight excluding hydrogens is 282 g/mol. The summed E-state index contributed by atoms with van der Waals surface area (Å²) in [5.41, 5.74) is 4.13. The van der Waals surface area contributed by atoms with Gasteiger partial charge in [-0.2, -0.15) is 0 Å². The number of aliphatic imine (C=N–C) groups is 1. The van der Waals surface area contributed by atoms with Crippen LogP contribution in [0.25, 0.3) is 0 Å². The lowest BCUT2D eigenvalue weighted by molar-refractivity contribution is 0.111. The first-order chi connectivity index (χ1) is 11.4. The smallest absolute Gasteiger partial charge is 0.174 e. The third kappa shape index (κ3) is 3.74. The molecule has 3 aromatic rings. The Labute approximate surface area is 137 Å². The first kappa shape index (κ1) is 15.2. The highest BCUT2D eigenvalue weighted by Gasteiger charge is 2.12. The Bertz CT molecular complexity index is 710. The van der Waals surface area contributed by atoms with Crippen molar-refractivity contribution in [3.8, 4) is 0 Å². The second-order valence-electron chi connectivity index (χ2n) is 5.21. The van der Waals surface area contributed by atoms with Gasteiger partial charge in [0.25, 0.3) is 0 Å². The zero-order valence-electron chi connectivity index (χ0n) is 13.1. The van der Waals surface area contributed by atoms with Crippen LogP contribution in [0.3, 0.4) is 0 Å². The lowest BCUT2D eigenvalue weighted by atomic mass is 10.0. The van der Waals surface area contributed by atoms with Crippen LogP contribution in [0.2, 0.25) is 0 Å². The molecule has 0 amide bonds. The van der Waals surface area contributed by atoms with Crippen LogP contribution >= 0.6 is 0 Å². The fraction of sp³-hybridized carbons (Fsp3) is 0.0952. The highest BCUT2D eigenvalue weighted by molar-refractivity contribution is 6.12. The molecule has 1 unspecified atom stereocenters. The summed E-state index contributed by atoms with van der Waals surface area (Å²) in [6, 6.07) is 30.5. The van der Waals surface area contributed by atoms with E-state index in [2.05, 4.69) is 24.3 Å². The van der Waals surface area contributed by atoms with E-state index in [1.165, 1.54) is 0 Å². The molecule has 0 spiro atoms. The summed E-state index contributed by atoms with van der Waals surface area (Å²) >= 11 is 0.